The Hall–Kier alpha value is -3.52. The number of piperazine rings is 1. The minimum atomic E-state index is -0.101. The number of hydrogen-bond donors (Lipinski definition) is 0. The number of aromatic nitrogens is 4. The molecule has 4 aromatic rings. The molecule has 5 rings (SSSR count). The van der Waals surface area contributed by atoms with Crippen LogP contribution >= 0.6 is 0 Å². The van der Waals surface area contributed by atoms with Gasteiger partial charge >= 0.3 is 0 Å². The number of imidazole rings is 1. The molecular weight excluding hydrogens is 404 g/mol. The van der Waals surface area contributed by atoms with Gasteiger partial charge in [-0.15, -0.1) is 0 Å². The van der Waals surface area contributed by atoms with Crippen molar-refractivity contribution >= 4 is 27.8 Å². The van der Waals surface area contributed by atoms with E-state index in [2.05, 4.69) is 20.5 Å². The van der Waals surface area contributed by atoms with Crippen molar-refractivity contribution in [2.45, 2.75) is 19.5 Å². The lowest BCUT2D eigenvalue weighted by Gasteiger charge is -2.34. The molecule has 0 unspecified atom stereocenters. The summed E-state index contributed by atoms with van der Waals surface area (Å²) in [5, 5.41) is 0.581. The predicted molar refractivity (Wildman–Crippen MR) is 123 cm³/mol. The van der Waals surface area contributed by atoms with E-state index >= 15 is 0 Å². The van der Waals surface area contributed by atoms with Crippen LogP contribution in [0.2, 0.25) is 0 Å². The Labute approximate surface area is 185 Å². The molecule has 1 aliphatic rings. The van der Waals surface area contributed by atoms with Gasteiger partial charge in [0.15, 0.2) is 0 Å². The average molecular weight is 431 g/mol. The van der Waals surface area contributed by atoms with Crippen LogP contribution in [0.1, 0.15) is 12.2 Å². The molecule has 0 aliphatic carbocycles. The third-order valence-corrected chi connectivity index (χ3v) is 6.27. The van der Waals surface area contributed by atoms with Gasteiger partial charge in [-0.05, 0) is 24.3 Å². The predicted octanol–water partition coefficient (Wildman–Crippen LogP) is 2.02. The first-order valence-electron chi connectivity index (χ1n) is 10.9. The number of rotatable bonds is 5. The van der Waals surface area contributed by atoms with Crippen LogP contribution in [0.3, 0.4) is 0 Å². The van der Waals surface area contributed by atoms with Crippen molar-refractivity contribution in [3.63, 3.8) is 0 Å². The van der Waals surface area contributed by atoms with Gasteiger partial charge in [0.25, 0.3) is 5.56 Å². The monoisotopic (exact) mass is 430 g/mol. The van der Waals surface area contributed by atoms with Gasteiger partial charge in [0, 0.05) is 46.2 Å². The molecule has 0 atom stereocenters. The quantitative estimate of drug-likeness (QED) is 0.484. The van der Waals surface area contributed by atoms with Crippen molar-refractivity contribution < 1.29 is 4.79 Å². The van der Waals surface area contributed by atoms with E-state index in [1.54, 1.807) is 6.07 Å². The summed E-state index contributed by atoms with van der Waals surface area (Å²) < 4.78 is 3.67. The van der Waals surface area contributed by atoms with Crippen LogP contribution in [0.5, 0.6) is 0 Å². The van der Waals surface area contributed by atoms with Crippen molar-refractivity contribution in [2.24, 2.45) is 7.05 Å². The normalized spacial score (nSPS) is 15.0. The molecule has 1 aliphatic heterocycles. The van der Waals surface area contributed by atoms with Crippen LogP contribution in [0, 0.1) is 0 Å². The fourth-order valence-electron chi connectivity index (χ4n) is 4.33. The van der Waals surface area contributed by atoms with Gasteiger partial charge in [0.05, 0.1) is 34.8 Å². The van der Waals surface area contributed by atoms with Crippen LogP contribution in [-0.4, -0.2) is 61.0 Å². The molecule has 164 valence electrons. The second-order valence-corrected chi connectivity index (χ2v) is 8.24. The maximum atomic E-state index is 12.7. The van der Waals surface area contributed by atoms with Gasteiger partial charge in [0.2, 0.25) is 5.91 Å². The Balaban J connectivity index is 1.16. The highest BCUT2D eigenvalue weighted by Gasteiger charge is 2.22. The SMILES string of the molecule is Cn1c(CN2CCN(C(=O)CCn3cnc4ccccc4c3=O)CC2)nc2ccccc21. The summed E-state index contributed by atoms with van der Waals surface area (Å²) in [7, 11) is 2.05. The van der Waals surface area contributed by atoms with Crippen LogP contribution in [0.15, 0.2) is 59.7 Å². The molecule has 1 fully saturated rings. The Morgan fingerprint density at radius 1 is 0.969 bits per heavy atom. The van der Waals surface area contributed by atoms with Gasteiger partial charge in [-0.2, -0.15) is 0 Å². The molecule has 8 heteroatoms. The number of benzene rings is 2. The van der Waals surface area contributed by atoms with E-state index in [1.807, 2.05) is 48.3 Å². The lowest BCUT2D eigenvalue weighted by atomic mass is 10.2. The molecule has 2 aromatic heterocycles. The third kappa shape index (κ3) is 3.89. The van der Waals surface area contributed by atoms with Crippen LogP contribution in [-0.2, 0) is 24.9 Å². The molecule has 0 N–H and O–H groups in total. The molecule has 8 nitrogen and oxygen atoms in total. The molecule has 0 saturated carbocycles. The zero-order chi connectivity index (χ0) is 22.1. The lowest BCUT2D eigenvalue weighted by molar-refractivity contribution is -0.133. The lowest BCUT2D eigenvalue weighted by Crippen LogP contribution is -2.48. The molecule has 3 heterocycles. The van der Waals surface area contributed by atoms with Gasteiger partial charge in [0.1, 0.15) is 5.82 Å². The molecule has 0 spiro atoms. The number of carbonyl (C=O) groups is 1. The standard InChI is InChI=1S/C24H26N6O2/c1-27-21-9-5-4-8-20(21)26-22(27)16-28-12-14-29(15-13-28)23(31)10-11-30-17-25-19-7-3-2-6-18(19)24(30)32/h2-9,17H,10-16H2,1H3. The number of para-hydroxylation sites is 3. The van der Waals surface area contributed by atoms with E-state index in [-0.39, 0.29) is 11.5 Å². The molecular formula is C24H26N6O2. The molecule has 1 saturated heterocycles. The van der Waals surface area contributed by atoms with Gasteiger partial charge < -0.3 is 9.47 Å². The van der Waals surface area contributed by atoms with Gasteiger partial charge in [-0.25, -0.2) is 9.97 Å². The van der Waals surface area contributed by atoms with Gasteiger partial charge in [-0.1, -0.05) is 24.3 Å². The maximum absolute atomic E-state index is 12.7. The number of amides is 1. The highest BCUT2D eigenvalue weighted by atomic mass is 16.2. The summed E-state index contributed by atoms with van der Waals surface area (Å²) in [4.78, 5) is 38.7. The first-order chi connectivity index (χ1) is 15.6. The Morgan fingerprint density at radius 2 is 1.69 bits per heavy atom. The van der Waals surface area contributed by atoms with Crippen molar-refractivity contribution in [1.82, 2.24) is 28.9 Å². The summed E-state index contributed by atoms with van der Waals surface area (Å²) in [6.45, 7) is 4.11. The number of hydrogen-bond acceptors (Lipinski definition) is 5. The van der Waals surface area contributed by atoms with E-state index in [0.717, 1.165) is 36.5 Å². The van der Waals surface area contributed by atoms with Crippen molar-refractivity contribution in [3.8, 4) is 0 Å². The zero-order valence-electron chi connectivity index (χ0n) is 18.1. The highest BCUT2D eigenvalue weighted by molar-refractivity contribution is 5.78. The smallest absolute Gasteiger partial charge is 0.261 e. The van der Waals surface area contributed by atoms with Gasteiger partial charge in [-0.3, -0.25) is 19.1 Å². The number of carbonyl (C=O) groups excluding carboxylic acids is 1. The molecule has 0 radical (unpaired) electrons. The van der Waals surface area contributed by atoms with E-state index in [0.29, 0.717) is 37.0 Å². The number of aryl methyl sites for hydroxylation is 2. The molecule has 32 heavy (non-hydrogen) atoms. The largest absolute Gasteiger partial charge is 0.340 e. The molecule has 2 aromatic carbocycles. The Morgan fingerprint density at radius 3 is 2.47 bits per heavy atom. The number of nitrogens with zero attached hydrogens (tertiary/aromatic N) is 6. The first kappa shape index (κ1) is 20.4. The third-order valence-electron chi connectivity index (χ3n) is 6.27. The minimum absolute atomic E-state index is 0.0763. The fraction of sp³-hybridized carbons (Fsp3) is 0.333. The molecule has 1 amide bonds. The summed E-state index contributed by atoms with van der Waals surface area (Å²) in [6.07, 6.45) is 1.83. The topological polar surface area (TPSA) is 76.3 Å². The highest BCUT2D eigenvalue weighted by Crippen LogP contribution is 2.16. The summed E-state index contributed by atoms with van der Waals surface area (Å²) in [5.74, 6) is 1.11. The summed E-state index contributed by atoms with van der Waals surface area (Å²) in [5.41, 5.74) is 2.72. The first-order valence-corrected chi connectivity index (χ1v) is 10.9. The van der Waals surface area contributed by atoms with Crippen LogP contribution in [0.25, 0.3) is 21.9 Å². The van der Waals surface area contributed by atoms with Crippen molar-refractivity contribution in [2.75, 3.05) is 26.2 Å². The Kier molecular flexibility index (Phi) is 5.45. The summed E-state index contributed by atoms with van der Waals surface area (Å²) >= 11 is 0. The van der Waals surface area contributed by atoms with Crippen LogP contribution in [0.4, 0.5) is 0 Å². The average Bonchev–Trinajstić information content (AvgIpc) is 3.14. The van der Waals surface area contributed by atoms with E-state index in [1.165, 1.54) is 10.9 Å². The maximum Gasteiger partial charge on any atom is 0.261 e. The summed E-state index contributed by atoms with van der Waals surface area (Å²) in [6, 6.07) is 15.4. The Bertz CT molecular complexity index is 1330. The van der Waals surface area contributed by atoms with E-state index in [9.17, 15) is 9.59 Å². The fourth-order valence-corrected chi connectivity index (χ4v) is 4.33. The number of fused-ring (bicyclic) bond motifs is 2. The van der Waals surface area contributed by atoms with Crippen molar-refractivity contribution in [1.29, 1.82) is 0 Å². The van der Waals surface area contributed by atoms with Crippen molar-refractivity contribution in [3.05, 3.63) is 71.0 Å². The van der Waals surface area contributed by atoms with E-state index in [4.69, 9.17) is 4.98 Å². The second-order valence-electron chi connectivity index (χ2n) is 8.24. The van der Waals surface area contributed by atoms with Crippen LogP contribution < -0.4 is 5.56 Å². The second kappa shape index (κ2) is 8.55. The van der Waals surface area contributed by atoms with E-state index < -0.39 is 0 Å². The molecule has 0 bridgehead atoms. The zero-order valence-corrected chi connectivity index (χ0v) is 18.1. The minimum Gasteiger partial charge on any atom is -0.340 e.